The summed E-state index contributed by atoms with van der Waals surface area (Å²) in [5.41, 5.74) is 1.17. The molecular formula is C19H18N2O4S. The van der Waals surface area contributed by atoms with Crippen molar-refractivity contribution in [3.05, 3.63) is 59.7 Å². The van der Waals surface area contributed by atoms with Crippen molar-refractivity contribution in [3.63, 3.8) is 0 Å². The number of hydrogen-bond acceptors (Lipinski definition) is 4. The monoisotopic (exact) mass is 370 g/mol. The quantitative estimate of drug-likeness (QED) is 0.787. The summed E-state index contributed by atoms with van der Waals surface area (Å²) in [6, 6.07) is 13.2. The molecule has 0 bridgehead atoms. The molecule has 134 valence electrons. The van der Waals surface area contributed by atoms with E-state index >= 15 is 0 Å². The number of fused-ring (bicyclic) bond motifs is 1. The van der Waals surface area contributed by atoms with Crippen LogP contribution in [0, 0.1) is 12.3 Å². The van der Waals surface area contributed by atoms with Gasteiger partial charge >= 0.3 is 0 Å². The molecule has 0 saturated heterocycles. The maximum atomic E-state index is 12.6. The summed E-state index contributed by atoms with van der Waals surface area (Å²) < 4.78 is 32.2. The second-order valence-corrected chi connectivity index (χ2v) is 7.52. The van der Waals surface area contributed by atoms with Crippen LogP contribution >= 0.6 is 0 Å². The molecule has 1 amide bonds. The Morgan fingerprint density at radius 3 is 2.85 bits per heavy atom. The average Bonchev–Trinajstić information content (AvgIpc) is 2.67. The maximum absolute atomic E-state index is 12.6. The van der Waals surface area contributed by atoms with Crippen molar-refractivity contribution in [3.8, 4) is 18.1 Å². The highest BCUT2D eigenvalue weighted by atomic mass is 32.2. The first-order valence-corrected chi connectivity index (χ1v) is 9.55. The fraction of sp³-hybridized carbons (Fsp3) is 0.211. The Balaban J connectivity index is 1.80. The van der Waals surface area contributed by atoms with Gasteiger partial charge in [-0.3, -0.25) is 4.79 Å². The van der Waals surface area contributed by atoms with E-state index in [2.05, 4.69) is 16.0 Å². The number of carbonyl (C=O) groups is 1. The van der Waals surface area contributed by atoms with E-state index in [1.165, 1.54) is 18.2 Å². The van der Waals surface area contributed by atoms with Crippen LogP contribution in [-0.4, -0.2) is 27.5 Å². The van der Waals surface area contributed by atoms with E-state index in [4.69, 9.17) is 11.2 Å². The van der Waals surface area contributed by atoms with Gasteiger partial charge < -0.3 is 10.1 Å². The zero-order chi connectivity index (χ0) is 18.6. The van der Waals surface area contributed by atoms with Crippen molar-refractivity contribution < 1.29 is 17.9 Å². The number of amides is 1. The first kappa shape index (κ1) is 18.0. The van der Waals surface area contributed by atoms with Crippen LogP contribution in [0.4, 0.5) is 0 Å². The molecule has 1 aliphatic heterocycles. The molecule has 26 heavy (non-hydrogen) atoms. The van der Waals surface area contributed by atoms with Crippen molar-refractivity contribution >= 4 is 15.9 Å². The van der Waals surface area contributed by atoms with E-state index in [1.54, 1.807) is 6.07 Å². The van der Waals surface area contributed by atoms with Gasteiger partial charge in [0.1, 0.15) is 5.75 Å². The second kappa shape index (κ2) is 7.60. The van der Waals surface area contributed by atoms with Gasteiger partial charge in [0.15, 0.2) is 0 Å². The molecule has 1 aliphatic rings. The van der Waals surface area contributed by atoms with Crippen LogP contribution in [0.2, 0.25) is 0 Å². The van der Waals surface area contributed by atoms with Gasteiger partial charge in [-0.05, 0) is 24.3 Å². The van der Waals surface area contributed by atoms with E-state index < -0.39 is 10.0 Å². The lowest BCUT2D eigenvalue weighted by molar-refractivity contribution is 0.0924. The molecule has 0 saturated carbocycles. The largest absolute Gasteiger partial charge is 0.493 e. The van der Waals surface area contributed by atoms with Gasteiger partial charge in [0.2, 0.25) is 10.0 Å². The number of carbonyl (C=O) groups excluding carboxylic acids is 1. The van der Waals surface area contributed by atoms with Gasteiger partial charge in [0.05, 0.1) is 24.1 Å². The summed E-state index contributed by atoms with van der Waals surface area (Å²) >= 11 is 0. The van der Waals surface area contributed by atoms with Gasteiger partial charge in [-0.25, -0.2) is 8.42 Å². The summed E-state index contributed by atoms with van der Waals surface area (Å²) in [5, 5.41) is 2.95. The molecule has 2 aromatic carbocycles. The topological polar surface area (TPSA) is 84.5 Å². The van der Waals surface area contributed by atoms with Gasteiger partial charge in [0.25, 0.3) is 5.91 Å². The summed E-state index contributed by atoms with van der Waals surface area (Å²) in [6.07, 6.45) is 5.73. The molecular weight excluding hydrogens is 352 g/mol. The molecule has 6 nitrogen and oxygen atoms in total. The number of terminal acetylenes is 1. The molecule has 2 aromatic rings. The minimum absolute atomic E-state index is 0.00669. The van der Waals surface area contributed by atoms with Gasteiger partial charge in [-0.2, -0.15) is 4.72 Å². The molecule has 0 spiro atoms. The van der Waals surface area contributed by atoms with Crippen molar-refractivity contribution in [2.45, 2.75) is 17.4 Å². The van der Waals surface area contributed by atoms with Crippen molar-refractivity contribution in [1.29, 1.82) is 0 Å². The SMILES string of the molecule is C#CCNS(=O)(=O)c1cccc(C(=O)NC2CCOc3ccccc32)c1. The Labute approximate surface area is 152 Å². The van der Waals surface area contributed by atoms with Crippen molar-refractivity contribution in [2.75, 3.05) is 13.2 Å². The molecule has 0 aliphatic carbocycles. The number of sulfonamides is 1. The van der Waals surface area contributed by atoms with Crippen LogP contribution < -0.4 is 14.8 Å². The first-order chi connectivity index (χ1) is 12.5. The van der Waals surface area contributed by atoms with E-state index in [0.29, 0.717) is 13.0 Å². The minimum atomic E-state index is -3.75. The zero-order valence-electron chi connectivity index (χ0n) is 13.9. The van der Waals surface area contributed by atoms with Crippen LogP contribution in [-0.2, 0) is 10.0 Å². The van der Waals surface area contributed by atoms with Crippen LogP contribution in [0.5, 0.6) is 5.75 Å². The minimum Gasteiger partial charge on any atom is -0.493 e. The second-order valence-electron chi connectivity index (χ2n) is 5.76. The van der Waals surface area contributed by atoms with E-state index in [9.17, 15) is 13.2 Å². The molecule has 3 rings (SSSR count). The maximum Gasteiger partial charge on any atom is 0.251 e. The number of rotatable bonds is 5. The molecule has 1 heterocycles. The molecule has 2 N–H and O–H groups in total. The van der Waals surface area contributed by atoms with Gasteiger partial charge in [0, 0.05) is 17.5 Å². The van der Waals surface area contributed by atoms with Crippen LogP contribution in [0.25, 0.3) is 0 Å². The Hall–Kier alpha value is -2.82. The van der Waals surface area contributed by atoms with E-state index in [1.807, 2.05) is 24.3 Å². The Bertz CT molecular complexity index is 963. The summed E-state index contributed by atoms with van der Waals surface area (Å²) in [6.45, 7) is 0.393. The molecule has 7 heteroatoms. The predicted octanol–water partition coefficient (Wildman–Crippen LogP) is 1.85. The average molecular weight is 370 g/mol. The summed E-state index contributed by atoms with van der Waals surface area (Å²) in [4.78, 5) is 12.6. The lowest BCUT2D eigenvalue weighted by atomic mass is 10.00. The lowest BCUT2D eigenvalue weighted by Gasteiger charge is -2.26. The highest BCUT2D eigenvalue weighted by molar-refractivity contribution is 7.89. The Morgan fingerprint density at radius 2 is 2.04 bits per heavy atom. The van der Waals surface area contributed by atoms with E-state index in [0.717, 1.165) is 11.3 Å². The molecule has 0 radical (unpaired) electrons. The normalized spacial score (nSPS) is 16.0. The fourth-order valence-electron chi connectivity index (χ4n) is 2.76. The van der Waals surface area contributed by atoms with Crippen LogP contribution in [0.1, 0.15) is 28.4 Å². The standard InChI is InChI=1S/C19H18N2O4S/c1-2-11-20-26(23,24)15-7-5-6-14(13-15)19(22)21-17-10-12-25-18-9-4-3-8-16(17)18/h1,3-9,13,17,20H,10-12H2,(H,21,22). The van der Waals surface area contributed by atoms with Gasteiger partial charge in [-0.15, -0.1) is 6.42 Å². The fourth-order valence-corrected chi connectivity index (χ4v) is 3.74. The van der Waals surface area contributed by atoms with Crippen molar-refractivity contribution in [1.82, 2.24) is 10.0 Å². The highest BCUT2D eigenvalue weighted by Crippen LogP contribution is 2.31. The first-order valence-electron chi connectivity index (χ1n) is 8.07. The Morgan fingerprint density at radius 1 is 1.23 bits per heavy atom. The number of hydrogen-bond donors (Lipinski definition) is 2. The zero-order valence-corrected chi connectivity index (χ0v) is 14.8. The third-order valence-electron chi connectivity index (χ3n) is 4.03. The summed E-state index contributed by atoms with van der Waals surface area (Å²) in [5.74, 6) is 2.62. The third-order valence-corrected chi connectivity index (χ3v) is 5.43. The summed E-state index contributed by atoms with van der Waals surface area (Å²) in [7, 11) is -3.75. The molecule has 1 atom stereocenters. The van der Waals surface area contributed by atoms with Crippen LogP contribution in [0.3, 0.4) is 0 Å². The van der Waals surface area contributed by atoms with Crippen molar-refractivity contribution in [2.24, 2.45) is 0 Å². The highest BCUT2D eigenvalue weighted by Gasteiger charge is 2.23. The third kappa shape index (κ3) is 3.87. The van der Waals surface area contributed by atoms with Gasteiger partial charge in [-0.1, -0.05) is 30.2 Å². The lowest BCUT2D eigenvalue weighted by Crippen LogP contribution is -2.32. The number of nitrogens with one attached hydrogen (secondary N) is 2. The number of benzene rings is 2. The molecule has 0 aromatic heterocycles. The molecule has 0 fully saturated rings. The Kier molecular flexibility index (Phi) is 5.26. The number of para-hydroxylation sites is 1. The van der Waals surface area contributed by atoms with E-state index in [-0.39, 0.29) is 29.0 Å². The predicted molar refractivity (Wildman–Crippen MR) is 97.2 cm³/mol. The molecule has 1 unspecified atom stereocenters. The smallest absolute Gasteiger partial charge is 0.251 e. The van der Waals surface area contributed by atoms with Crippen LogP contribution in [0.15, 0.2) is 53.4 Å². The number of ether oxygens (including phenoxy) is 1.